The Labute approximate surface area is 153 Å². The molecular formula is C20H24N2O4. The number of amides is 2. The summed E-state index contributed by atoms with van der Waals surface area (Å²) < 4.78 is 10.6. The Hall–Kier alpha value is -2.86. The van der Waals surface area contributed by atoms with Crippen LogP contribution >= 0.6 is 0 Å². The Morgan fingerprint density at radius 2 is 1.88 bits per heavy atom. The zero-order chi connectivity index (χ0) is 18.9. The van der Waals surface area contributed by atoms with E-state index in [4.69, 9.17) is 9.47 Å². The van der Waals surface area contributed by atoms with Crippen molar-refractivity contribution in [2.75, 3.05) is 25.6 Å². The predicted octanol–water partition coefficient (Wildman–Crippen LogP) is 2.78. The number of benzene rings is 2. The van der Waals surface area contributed by atoms with Crippen LogP contribution in [0.1, 0.15) is 22.8 Å². The number of rotatable bonds is 8. The van der Waals surface area contributed by atoms with Crippen molar-refractivity contribution in [1.82, 2.24) is 5.32 Å². The van der Waals surface area contributed by atoms with Crippen LogP contribution in [0.2, 0.25) is 0 Å². The number of methoxy groups -OCH3 is 1. The van der Waals surface area contributed by atoms with Crippen LogP contribution in [0.15, 0.2) is 48.5 Å². The highest BCUT2D eigenvalue weighted by atomic mass is 16.5. The first-order valence-electron chi connectivity index (χ1n) is 8.41. The van der Waals surface area contributed by atoms with Gasteiger partial charge in [0.25, 0.3) is 11.8 Å². The molecule has 0 heterocycles. The van der Waals surface area contributed by atoms with Crippen molar-refractivity contribution in [1.29, 1.82) is 0 Å². The summed E-state index contributed by atoms with van der Waals surface area (Å²) in [6.45, 7) is 4.47. The SMILES string of the molecule is COCCNC(=O)c1cccc(NC(=O)C(C)Oc2ccccc2C)c1. The van der Waals surface area contributed by atoms with Gasteiger partial charge in [0.05, 0.1) is 6.61 Å². The van der Waals surface area contributed by atoms with E-state index < -0.39 is 6.10 Å². The van der Waals surface area contributed by atoms with Gasteiger partial charge in [-0.05, 0) is 43.7 Å². The average molecular weight is 356 g/mol. The predicted molar refractivity (Wildman–Crippen MR) is 101 cm³/mol. The molecule has 138 valence electrons. The molecule has 0 bridgehead atoms. The number of para-hydroxylation sites is 1. The number of aryl methyl sites for hydroxylation is 1. The van der Waals surface area contributed by atoms with Crippen molar-refractivity contribution in [2.24, 2.45) is 0 Å². The second kappa shape index (κ2) is 9.58. The van der Waals surface area contributed by atoms with Gasteiger partial charge in [-0.15, -0.1) is 0 Å². The average Bonchev–Trinajstić information content (AvgIpc) is 2.64. The van der Waals surface area contributed by atoms with E-state index in [9.17, 15) is 9.59 Å². The molecule has 2 aromatic carbocycles. The third-order valence-electron chi connectivity index (χ3n) is 3.75. The van der Waals surface area contributed by atoms with E-state index >= 15 is 0 Å². The van der Waals surface area contributed by atoms with Crippen LogP contribution in [0.3, 0.4) is 0 Å². The van der Waals surface area contributed by atoms with E-state index in [2.05, 4.69) is 10.6 Å². The van der Waals surface area contributed by atoms with Crippen molar-refractivity contribution in [3.05, 3.63) is 59.7 Å². The topological polar surface area (TPSA) is 76.7 Å². The fraction of sp³-hybridized carbons (Fsp3) is 0.300. The highest BCUT2D eigenvalue weighted by molar-refractivity contribution is 5.98. The molecule has 2 aromatic rings. The first-order valence-corrected chi connectivity index (χ1v) is 8.41. The van der Waals surface area contributed by atoms with Crippen LogP contribution in [0.5, 0.6) is 5.75 Å². The minimum absolute atomic E-state index is 0.220. The van der Waals surface area contributed by atoms with Gasteiger partial charge in [-0.25, -0.2) is 0 Å². The number of hydrogen-bond donors (Lipinski definition) is 2. The Morgan fingerprint density at radius 3 is 2.62 bits per heavy atom. The summed E-state index contributed by atoms with van der Waals surface area (Å²) in [4.78, 5) is 24.4. The summed E-state index contributed by atoms with van der Waals surface area (Å²) in [5.41, 5.74) is 1.96. The fourth-order valence-corrected chi connectivity index (χ4v) is 2.28. The van der Waals surface area contributed by atoms with Gasteiger partial charge in [-0.3, -0.25) is 9.59 Å². The molecule has 0 spiro atoms. The molecule has 1 unspecified atom stereocenters. The molecule has 0 radical (unpaired) electrons. The van der Waals surface area contributed by atoms with Crippen LogP contribution < -0.4 is 15.4 Å². The second-order valence-corrected chi connectivity index (χ2v) is 5.84. The van der Waals surface area contributed by atoms with E-state index in [1.807, 2.05) is 31.2 Å². The van der Waals surface area contributed by atoms with E-state index in [1.54, 1.807) is 38.3 Å². The first-order chi connectivity index (χ1) is 12.5. The number of hydrogen-bond acceptors (Lipinski definition) is 4. The van der Waals surface area contributed by atoms with Crippen molar-refractivity contribution in [2.45, 2.75) is 20.0 Å². The zero-order valence-electron chi connectivity index (χ0n) is 15.2. The zero-order valence-corrected chi connectivity index (χ0v) is 15.2. The van der Waals surface area contributed by atoms with Gasteiger partial charge in [0.15, 0.2) is 6.10 Å². The largest absolute Gasteiger partial charge is 0.481 e. The minimum Gasteiger partial charge on any atom is -0.481 e. The van der Waals surface area contributed by atoms with Gasteiger partial charge < -0.3 is 20.1 Å². The number of ether oxygens (including phenoxy) is 2. The van der Waals surface area contributed by atoms with Gasteiger partial charge in [-0.1, -0.05) is 24.3 Å². The normalized spacial score (nSPS) is 11.5. The Morgan fingerprint density at radius 1 is 1.12 bits per heavy atom. The lowest BCUT2D eigenvalue weighted by Gasteiger charge is -2.16. The van der Waals surface area contributed by atoms with Gasteiger partial charge >= 0.3 is 0 Å². The van der Waals surface area contributed by atoms with E-state index in [0.717, 1.165) is 5.56 Å². The lowest BCUT2D eigenvalue weighted by molar-refractivity contribution is -0.122. The Kier molecular flexibility index (Phi) is 7.17. The summed E-state index contributed by atoms with van der Waals surface area (Å²) in [5.74, 6) is 0.161. The Bertz CT molecular complexity index is 761. The maximum Gasteiger partial charge on any atom is 0.265 e. The molecule has 6 nitrogen and oxygen atoms in total. The summed E-state index contributed by atoms with van der Waals surface area (Å²) in [5, 5.41) is 5.52. The third kappa shape index (κ3) is 5.60. The molecule has 0 saturated carbocycles. The number of carbonyl (C=O) groups excluding carboxylic acids is 2. The first kappa shape index (κ1) is 19.5. The van der Waals surface area contributed by atoms with Crippen LogP contribution in [0.4, 0.5) is 5.69 Å². The quantitative estimate of drug-likeness (QED) is 0.713. The molecule has 0 saturated heterocycles. The van der Waals surface area contributed by atoms with Crippen LogP contribution in [0, 0.1) is 6.92 Å². The van der Waals surface area contributed by atoms with Crippen LogP contribution in [-0.4, -0.2) is 38.2 Å². The standard InChI is InChI=1S/C20H24N2O4/c1-14-7-4-5-10-18(14)26-15(2)19(23)22-17-9-6-8-16(13-17)20(24)21-11-12-25-3/h4-10,13,15H,11-12H2,1-3H3,(H,21,24)(H,22,23). The lowest BCUT2D eigenvalue weighted by Crippen LogP contribution is -2.30. The molecule has 0 aliphatic rings. The Balaban J connectivity index is 1.97. The highest BCUT2D eigenvalue weighted by Crippen LogP contribution is 2.18. The molecule has 2 rings (SSSR count). The van der Waals surface area contributed by atoms with Gasteiger partial charge in [0, 0.05) is 24.9 Å². The van der Waals surface area contributed by atoms with Gasteiger partial charge in [0.1, 0.15) is 5.75 Å². The van der Waals surface area contributed by atoms with Crippen LogP contribution in [0.25, 0.3) is 0 Å². The summed E-state index contributed by atoms with van der Waals surface area (Å²) in [6, 6.07) is 14.3. The van der Waals surface area contributed by atoms with Crippen molar-refractivity contribution in [3.63, 3.8) is 0 Å². The van der Waals surface area contributed by atoms with Gasteiger partial charge in [0.2, 0.25) is 0 Å². The van der Waals surface area contributed by atoms with Crippen molar-refractivity contribution < 1.29 is 19.1 Å². The highest BCUT2D eigenvalue weighted by Gasteiger charge is 2.16. The number of anilines is 1. The summed E-state index contributed by atoms with van der Waals surface area (Å²) in [6.07, 6.45) is -0.671. The number of nitrogens with one attached hydrogen (secondary N) is 2. The molecule has 0 aromatic heterocycles. The van der Waals surface area contributed by atoms with Gasteiger partial charge in [-0.2, -0.15) is 0 Å². The molecule has 0 fully saturated rings. The van der Waals surface area contributed by atoms with E-state index in [1.165, 1.54) is 0 Å². The molecule has 1 atom stereocenters. The van der Waals surface area contributed by atoms with Crippen molar-refractivity contribution in [3.8, 4) is 5.75 Å². The smallest absolute Gasteiger partial charge is 0.265 e. The monoisotopic (exact) mass is 356 g/mol. The number of carbonyl (C=O) groups is 2. The summed E-state index contributed by atoms with van der Waals surface area (Å²) >= 11 is 0. The van der Waals surface area contributed by atoms with Crippen LogP contribution in [-0.2, 0) is 9.53 Å². The molecule has 2 amide bonds. The lowest BCUT2D eigenvalue weighted by atomic mass is 10.2. The summed E-state index contributed by atoms with van der Waals surface area (Å²) in [7, 11) is 1.57. The fourth-order valence-electron chi connectivity index (χ4n) is 2.28. The minimum atomic E-state index is -0.671. The molecule has 0 aliphatic carbocycles. The maximum absolute atomic E-state index is 12.4. The second-order valence-electron chi connectivity index (χ2n) is 5.84. The molecular weight excluding hydrogens is 332 g/mol. The van der Waals surface area contributed by atoms with Crippen molar-refractivity contribution >= 4 is 17.5 Å². The molecule has 26 heavy (non-hydrogen) atoms. The molecule has 0 aliphatic heterocycles. The maximum atomic E-state index is 12.4. The molecule has 6 heteroatoms. The molecule has 2 N–H and O–H groups in total. The van der Waals surface area contributed by atoms with E-state index in [-0.39, 0.29) is 11.8 Å². The van der Waals surface area contributed by atoms with E-state index in [0.29, 0.717) is 30.2 Å². The third-order valence-corrected chi connectivity index (χ3v) is 3.75.